The normalized spacial score (nSPS) is 27.5. The van der Waals surface area contributed by atoms with Gasteiger partial charge in [0.2, 0.25) is 0 Å². The highest BCUT2D eigenvalue weighted by molar-refractivity contribution is 4.76. The fourth-order valence-electron chi connectivity index (χ4n) is 1.73. The minimum absolute atomic E-state index is 0.159. The van der Waals surface area contributed by atoms with Crippen molar-refractivity contribution in [2.75, 3.05) is 33.7 Å². The predicted molar refractivity (Wildman–Crippen MR) is 50.2 cm³/mol. The van der Waals surface area contributed by atoms with Crippen LogP contribution in [-0.4, -0.2) is 49.8 Å². The Bertz CT molecular complexity index is 122. The van der Waals surface area contributed by atoms with E-state index >= 15 is 0 Å². The molecule has 0 spiro atoms. The lowest BCUT2D eigenvalue weighted by molar-refractivity contribution is 0.0673. The topological polar surface area (TPSA) is 35.5 Å². The van der Waals surface area contributed by atoms with E-state index in [-0.39, 0.29) is 6.10 Å². The number of nitrogens with one attached hydrogen (secondary N) is 1. The monoisotopic (exact) mass is 172 g/mol. The van der Waals surface area contributed by atoms with Crippen LogP contribution in [0.2, 0.25) is 0 Å². The summed E-state index contributed by atoms with van der Waals surface area (Å²) < 4.78 is 0. The highest BCUT2D eigenvalue weighted by atomic mass is 16.3. The van der Waals surface area contributed by atoms with Crippen LogP contribution in [0.3, 0.4) is 0 Å². The first-order chi connectivity index (χ1) is 5.70. The minimum atomic E-state index is -0.159. The third kappa shape index (κ3) is 3.09. The number of aliphatic hydroxyl groups is 1. The summed E-state index contributed by atoms with van der Waals surface area (Å²) in [6, 6.07) is 0. The van der Waals surface area contributed by atoms with E-state index in [1.54, 1.807) is 0 Å². The Labute approximate surface area is 74.8 Å². The number of hydrogen-bond donors (Lipinski definition) is 2. The summed E-state index contributed by atoms with van der Waals surface area (Å²) in [7, 11) is 4.00. The Morgan fingerprint density at radius 3 is 2.83 bits per heavy atom. The molecule has 0 aromatic rings. The summed E-state index contributed by atoms with van der Waals surface area (Å²) in [5.41, 5.74) is 0. The zero-order valence-corrected chi connectivity index (χ0v) is 8.08. The Kier molecular flexibility index (Phi) is 3.98. The van der Waals surface area contributed by atoms with Crippen molar-refractivity contribution in [1.82, 2.24) is 10.2 Å². The molecule has 2 N–H and O–H groups in total. The molecule has 2 atom stereocenters. The van der Waals surface area contributed by atoms with E-state index in [0.717, 1.165) is 19.6 Å². The lowest BCUT2D eigenvalue weighted by atomic mass is 9.93. The van der Waals surface area contributed by atoms with Crippen LogP contribution in [0.4, 0.5) is 0 Å². The van der Waals surface area contributed by atoms with E-state index in [1.165, 1.54) is 12.8 Å². The van der Waals surface area contributed by atoms with Crippen LogP contribution in [0.5, 0.6) is 0 Å². The summed E-state index contributed by atoms with van der Waals surface area (Å²) in [6.07, 6.45) is 2.21. The van der Waals surface area contributed by atoms with Crippen LogP contribution < -0.4 is 5.32 Å². The fraction of sp³-hybridized carbons (Fsp3) is 1.00. The molecule has 1 aliphatic rings. The van der Waals surface area contributed by atoms with E-state index < -0.39 is 0 Å². The predicted octanol–water partition coefficient (Wildman–Crippen LogP) is -0.0915. The molecule has 3 heteroatoms. The highest BCUT2D eigenvalue weighted by Crippen LogP contribution is 2.14. The zero-order chi connectivity index (χ0) is 8.97. The molecule has 0 amide bonds. The Hall–Kier alpha value is -0.120. The van der Waals surface area contributed by atoms with Gasteiger partial charge in [0.25, 0.3) is 0 Å². The van der Waals surface area contributed by atoms with E-state index in [0.29, 0.717) is 5.92 Å². The van der Waals surface area contributed by atoms with Crippen LogP contribution in [0.15, 0.2) is 0 Å². The van der Waals surface area contributed by atoms with Crippen molar-refractivity contribution in [2.45, 2.75) is 18.9 Å². The molecule has 0 radical (unpaired) electrons. The van der Waals surface area contributed by atoms with Gasteiger partial charge in [-0.25, -0.2) is 0 Å². The second-order valence-electron chi connectivity index (χ2n) is 3.94. The number of likely N-dealkylation sites (N-methyl/N-ethyl adjacent to an activating group) is 1. The van der Waals surface area contributed by atoms with Crippen molar-refractivity contribution in [1.29, 1.82) is 0 Å². The van der Waals surface area contributed by atoms with E-state index in [9.17, 15) is 5.11 Å². The van der Waals surface area contributed by atoms with Gasteiger partial charge >= 0.3 is 0 Å². The molecule has 1 heterocycles. The molecule has 0 aromatic carbocycles. The Morgan fingerprint density at radius 1 is 1.58 bits per heavy atom. The van der Waals surface area contributed by atoms with Gasteiger partial charge in [-0.2, -0.15) is 0 Å². The van der Waals surface area contributed by atoms with Gasteiger partial charge < -0.3 is 15.3 Å². The molecule has 2 unspecified atom stereocenters. The van der Waals surface area contributed by atoms with E-state index in [1.807, 2.05) is 19.0 Å². The molecule has 1 rings (SSSR count). The summed E-state index contributed by atoms with van der Waals surface area (Å²) in [6.45, 7) is 2.88. The molecule has 0 bridgehead atoms. The average molecular weight is 172 g/mol. The molecule has 1 saturated heterocycles. The zero-order valence-electron chi connectivity index (χ0n) is 8.08. The van der Waals surface area contributed by atoms with Gasteiger partial charge in [0.1, 0.15) is 0 Å². The number of rotatable bonds is 3. The third-order valence-electron chi connectivity index (χ3n) is 2.43. The largest absolute Gasteiger partial charge is 0.391 e. The van der Waals surface area contributed by atoms with Gasteiger partial charge in [0.15, 0.2) is 0 Å². The van der Waals surface area contributed by atoms with Gasteiger partial charge in [-0.1, -0.05) is 0 Å². The number of aliphatic hydroxyl groups excluding tert-OH is 1. The van der Waals surface area contributed by atoms with Crippen molar-refractivity contribution in [3.8, 4) is 0 Å². The van der Waals surface area contributed by atoms with Crippen molar-refractivity contribution in [3.63, 3.8) is 0 Å². The van der Waals surface area contributed by atoms with Crippen molar-refractivity contribution in [3.05, 3.63) is 0 Å². The molecule has 0 saturated carbocycles. The first-order valence-corrected chi connectivity index (χ1v) is 4.73. The van der Waals surface area contributed by atoms with Gasteiger partial charge in [0, 0.05) is 13.1 Å². The maximum atomic E-state index is 9.76. The molecule has 0 aromatic heterocycles. The SMILES string of the molecule is CN(C)CC(O)C1CCCNC1. The third-order valence-corrected chi connectivity index (χ3v) is 2.43. The number of nitrogens with zero attached hydrogens (tertiary/aromatic N) is 1. The van der Waals surface area contributed by atoms with Crippen LogP contribution in [0, 0.1) is 5.92 Å². The first kappa shape index (κ1) is 9.96. The number of piperidine rings is 1. The average Bonchev–Trinajstić information content (AvgIpc) is 2.05. The summed E-state index contributed by atoms with van der Waals surface area (Å²) in [4.78, 5) is 2.04. The summed E-state index contributed by atoms with van der Waals surface area (Å²) >= 11 is 0. The van der Waals surface area contributed by atoms with E-state index in [2.05, 4.69) is 5.32 Å². The second kappa shape index (κ2) is 4.80. The van der Waals surface area contributed by atoms with Crippen LogP contribution >= 0.6 is 0 Å². The Morgan fingerprint density at radius 2 is 2.33 bits per heavy atom. The van der Waals surface area contributed by atoms with E-state index in [4.69, 9.17) is 0 Å². The maximum Gasteiger partial charge on any atom is 0.0707 e. The summed E-state index contributed by atoms with van der Waals surface area (Å²) in [5.74, 6) is 0.459. The lowest BCUT2D eigenvalue weighted by Gasteiger charge is -2.28. The van der Waals surface area contributed by atoms with Gasteiger partial charge in [0.05, 0.1) is 6.10 Å². The van der Waals surface area contributed by atoms with Crippen LogP contribution in [0.1, 0.15) is 12.8 Å². The molecule has 3 nitrogen and oxygen atoms in total. The lowest BCUT2D eigenvalue weighted by Crippen LogP contribution is -2.41. The molecule has 72 valence electrons. The molecule has 12 heavy (non-hydrogen) atoms. The summed E-state index contributed by atoms with van der Waals surface area (Å²) in [5, 5.41) is 13.1. The van der Waals surface area contributed by atoms with Crippen molar-refractivity contribution in [2.24, 2.45) is 5.92 Å². The molecular formula is C9H20N2O. The van der Waals surface area contributed by atoms with Gasteiger partial charge in [-0.05, 0) is 39.4 Å². The van der Waals surface area contributed by atoms with Crippen LogP contribution in [0.25, 0.3) is 0 Å². The molecule has 0 aliphatic carbocycles. The maximum absolute atomic E-state index is 9.76. The van der Waals surface area contributed by atoms with Gasteiger partial charge in [-0.15, -0.1) is 0 Å². The first-order valence-electron chi connectivity index (χ1n) is 4.73. The fourth-order valence-corrected chi connectivity index (χ4v) is 1.73. The van der Waals surface area contributed by atoms with Crippen molar-refractivity contribution >= 4 is 0 Å². The highest BCUT2D eigenvalue weighted by Gasteiger charge is 2.21. The Balaban J connectivity index is 2.24. The molecule has 1 aliphatic heterocycles. The van der Waals surface area contributed by atoms with Crippen LogP contribution in [-0.2, 0) is 0 Å². The minimum Gasteiger partial charge on any atom is -0.391 e. The van der Waals surface area contributed by atoms with Gasteiger partial charge in [-0.3, -0.25) is 0 Å². The second-order valence-corrected chi connectivity index (χ2v) is 3.94. The molecule has 1 fully saturated rings. The smallest absolute Gasteiger partial charge is 0.0707 e. The standard InChI is InChI=1S/C9H20N2O/c1-11(2)7-9(12)8-4-3-5-10-6-8/h8-10,12H,3-7H2,1-2H3. The number of hydrogen-bond acceptors (Lipinski definition) is 3. The molecular weight excluding hydrogens is 152 g/mol. The quantitative estimate of drug-likeness (QED) is 0.624. The van der Waals surface area contributed by atoms with Crippen molar-refractivity contribution < 1.29 is 5.11 Å².